The number of nitrogens with zero attached hydrogens (tertiary/aromatic N) is 4. The van der Waals surface area contributed by atoms with E-state index in [1.54, 1.807) is 6.33 Å². The second kappa shape index (κ2) is 11.9. The number of aryl methyl sites for hydroxylation is 1. The van der Waals surface area contributed by atoms with Crippen molar-refractivity contribution in [2.45, 2.75) is 32.9 Å². The minimum absolute atomic E-state index is 0. The molecule has 0 aliphatic carbocycles. The predicted octanol–water partition coefficient (Wildman–Crippen LogP) is 2.23. The van der Waals surface area contributed by atoms with Crippen LogP contribution < -0.4 is 10.6 Å². The third kappa shape index (κ3) is 7.10. The molecule has 1 atom stereocenters. The first-order valence-corrected chi connectivity index (χ1v) is 9.35. The van der Waals surface area contributed by atoms with Gasteiger partial charge in [0.05, 0.1) is 13.2 Å². The molecule has 1 aliphatic heterocycles. The van der Waals surface area contributed by atoms with E-state index in [1.165, 1.54) is 5.56 Å². The summed E-state index contributed by atoms with van der Waals surface area (Å²) in [4.78, 5) is 4.73. The fourth-order valence-electron chi connectivity index (χ4n) is 2.95. The lowest BCUT2D eigenvalue weighted by atomic mass is 10.1. The first kappa shape index (κ1) is 21.6. The predicted molar refractivity (Wildman–Crippen MR) is 117 cm³/mol. The number of hydrogen-bond donors (Lipinski definition) is 2. The topological polar surface area (TPSA) is 76.4 Å². The number of aromatic nitrogens is 3. The van der Waals surface area contributed by atoms with E-state index in [1.807, 2.05) is 18.2 Å². The average Bonchev–Trinajstić information content (AvgIpc) is 3.36. The Hall–Kier alpha value is -1.68. The van der Waals surface area contributed by atoms with Crippen molar-refractivity contribution in [2.75, 3.05) is 26.3 Å². The van der Waals surface area contributed by atoms with Crippen molar-refractivity contribution < 1.29 is 4.74 Å². The van der Waals surface area contributed by atoms with Crippen LogP contribution in [0.3, 0.4) is 0 Å². The Balaban J connectivity index is 0.00000261. The molecule has 1 aromatic carbocycles. The summed E-state index contributed by atoms with van der Waals surface area (Å²) in [5.74, 6) is 2.40. The van der Waals surface area contributed by atoms with Crippen LogP contribution in [-0.4, -0.2) is 47.0 Å². The summed E-state index contributed by atoms with van der Waals surface area (Å²) in [6.45, 7) is 6.91. The number of benzene rings is 1. The molecule has 7 nitrogen and oxygen atoms in total. The lowest BCUT2D eigenvalue weighted by Gasteiger charge is -2.15. The van der Waals surface area contributed by atoms with Gasteiger partial charge in [-0.25, -0.2) is 4.99 Å². The molecule has 1 aromatic heterocycles. The Morgan fingerprint density at radius 3 is 2.89 bits per heavy atom. The van der Waals surface area contributed by atoms with Crippen molar-refractivity contribution in [3.63, 3.8) is 0 Å². The van der Waals surface area contributed by atoms with Crippen molar-refractivity contribution in [1.29, 1.82) is 0 Å². The molecule has 2 heterocycles. The zero-order valence-electron chi connectivity index (χ0n) is 15.8. The lowest BCUT2D eigenvalue weighted by molar-refractivity contribution is 0.186. The maximum absolute atomic E-state index is 5.46. The monoisotopic (exact) mass is 484 g/mol. The second-order valence-electron chi connectivity index (χ2n) is 6.48. The molecule has 1 aliphatic rings. The molecule has 27 heavy (non-hydrogen) atoms. The van der Waals surface area contributed by atoms with Crippen molar-refractivity contribution in [3.8, 4) is 0 Å². The van der Waals surface area contributed by atoms with Gasteiger partial charge in [0.15, 0.2) is 5.96 Å². The van der Waals surface area contributed by atoms with Gasteiger partial charge in [-0.3, -0.25) is 0 Å². The highest BCUT2D eigenvalue weighted by Crippen LogP contribution is 2.10. The summed E-state index contributed by atoms with van der Waals surface area (Å²) >= 11 is 0. The SMILES string of the molecule is CCc1nncn1CCNC(=NCc1ccccc1)NCC1CCOC1.I. The molecular weight excluding hydrogens is 455 g/mol. The van der Waals surface area contributed by atoms with E-state index in [0.29, 0.717) is 12.5 Å². The Morgan fingerprint density at radius 2 is 2.15 bits per heavy atom. The van der Waals surface area contributed by atoms with Gasteiger partial charge in [-0.1, -0.05) is 37.3 Å². The Bertz CT molecular complexity index is 685. The highest BCUT2D eigenvalue weighted by atomic mass is 127. The number of halogens is 1. The van der Waals surface area contributed by atoms with Crippen molar-refractivity contribution in [1.82, 2.24) is 25.4 Å². The fraction of sp³-hybridized carbons (Fsp3) is 0.526. The molecule has 1 unspecified atom stereocenters. The largest absolute Gasteiger partial charge is 0.381 e. The summed E-state index contributed by atoms with van der Waals surface area (Å²) < 4.78 is 7.53. The van der Waals surface area contributed by atoms with Crippen LogP contribution in [-0.2, 0) is 24.2 Å². The van der Waals surface area contributed by atoms with E-state index in [9.17, 15) is 0 Å². The van der Waals surface area contributed by atoms with E-state index in [4.69, 9.17) is 9.73 Å². The summed E-state index contributed by atoms with van der Waals surface area (Å²) in [6.07, 6.45) is 3.78. The number of rotatable bonds is 8. The smallest absolute Gasteiger partial charge is 0.191 e. The van der Waals surface area contributed by atoms with Crippen molar-refractivity contribution in [2.24, 2.45) is 10.9 Å². The van der Waals surface area contributed by atoms with Gasteiger partial charge < -0.3 is 19.9 Å². The molecule has 8 heteroatoms. The zero-order chi connectivity index (χ0) is 18.0. The first-order valence-electron chi connectivity index (χ1n) is 9.35. The number of guanidine groups is 1. The third-order valence-electron chi connectivity index (χ3n) is 4.50. The van der Waals surface area contributed by atoms with Gasteiger partial charge in [-0.2, -0.15) is 0 Å². The zero-order valence-corrected chi connectivity index (χ0v) is 18.1. The maximum Gasteiger partial charge on any atom is 0.191 e. The first-order chi connectivity index (χ1) is 12.8. The minimum Gasteiger partial charge on any atom is -0.381 e. The highest BCUT2D eigenvalue weighted by molar-refractivity contribution is 14.0. The van der Waals surface area contributed by atoms with E-state index >= 15 is 0 Å². The fourth-order valence-corrected chi connectivity index (χ4v) is 2.95. The maximum atomic E-state index is 5.46. The van der Waals surface area contributed by atoms with Gasteiger partial charge in [0.2, 0.25) is 0 Å². The summed E-state index contributed by atoms with van der Waals surface area (Å²) in [6, 6.07) is 10.3. The molecule has 2 aromatic rings. The standard InChI is InChI=1S/C19H28N6O.HI/c1-2-18-24-23-15-25(18)10-9-20-19(22-13-17-8-11-26-14-17)21-12-16-6-4-3-5-7-16;/h3-7,15,17H,2,8-14H2,1H3,(H2,20,21,22);1H. The van der Waals surface area contributed by atoms with Gasteiger partial charge in [0.1, 0.15) is 12.2 Å². The quantitative estimate of drug-likeness (QED) is 0.342. The van der Waals surface area contributed by atoms with Crippen LogP contribution in [0.25, 0.3) is 0 Å². The molecule has 0 bridgehead atoms. The van der Waals surface area contributed by atoms with Crippen LogP contribution in [0.2, 0.25) is 0 Å². The normalized spacial score (nSPS) is 16.8. The number of aliphatic imine (C=N–C) groups is 1. The summed E-state index contributed by atoms with van der Waals surface area (Å²) in [7, 11) is 0. The van der Waals surface area contributed by atoms with Crippen LogP contribution in [0.5, 0.6) is 0 Å². The van der Waals surface area contributed by atoms with Crippen LogP contribution in [0, 0.1) is 5.92 Å². The van der Waals surface area contributed by atoms with E-state index in [0.717, 1.165) is 57.5 Å². The minimum atomic E-state index is 0. The summed E-state index contributed by atoms with van der Waals surface area (Å²) in [5.41, 5.74) is 1.20. The molecule has 148 valence electrons. The van der Waals surface area contributed by atoms with Gasteiger partial charge in [0.25, 0.3) is 0 Å². The molecule has 1 fully saturated rings. The van der Waals surface area contributed by atoms with Gasteiger partial charge in [-0.15, -0.1) is 34.2 Å². The number of ether oxygens (including phenoxy) is 1. The molecular formula is C19H29IN6O. The molecule has 0 amide bonds. The highest BCUT2D eigenvalue weighted by Gasteiger charge is 2.15. The Labute approximate surface area is 178 Å². The molecule has 0 radical (unpaired) electrons. The molecule has 1 saturated heterocycles. The third-order valence-corrected chi connectivity index (χ3v) is 4.50. The van der Waals surface area contributed by atoms with E-state index in [2.05, 4.69) is 44.5 Å². The van der Waals surface area contributed by atoms with E-state index < -0.39 is 0 Å². The van der Waals surface area contributed by atoms with Crippen LogP contribution in [0.1, 0.15) is 24.7 Å². The summed E-state index contributed by atoms with van der Waals surface area (Å²) in [5, 5.41) is 15.0. The van der Waals surface area contributed by atoms with Crippen molar-refractivity contribution >= 4 is 29.9 Å². The Morgan fingerprint density at radius 1 is 1.30 bits per heavy atom. The van der Waals surface area contributed by atoms with Crippen LogP contribution >= 0.6 is 24.0 Å². The number of nitrogens with one attached hydrogen (secondary N) is 2. The number of hydrogen-bond acceptors (Lipinski definition) is 4. The van der Waals surface area contributed by atoms with Gasteiger partial charge >= 0.3 is 0 Å². The van der Waals surface area contributed by atoms with Gasteiger partial charge in [0, 0.05) is 38.6 Å². The molecule has 0 spiro atoms. The molecule has 3 rings (SSSR count). The van der Waals surface area contributed by atoms with Crippen LogP contribution in [0.15, 0.2) is 41.7 Å². The molecule has 2 N–H and O–H groups in total. The second-order valence-corrected chi connectivity index (χ2v) is 6.48. The van der Waals surface area contributed by atoms with Crippen LogP contribution in [0.4, 0.5) is 0 Å². The van der Waals surface area contributed by atoms with Crippen molar-refractivity contribution in [3.05, 3.63) is 48.0 Å². The average molecular weight is 484 g/mol. The lowest BCUT2D eigenvalue weighted by Crippen LogP contribution is -2.41. The Kier molecular flexibility index (Phi) is 9.54. The molecule has 0 saturated carbocycles. The van der Waals surface area contributed by atoms with E-state index in [-0.39, 0.29) is 24.0 Å². The van der Waals surface area contributed by atoms with Gasteiger partial charge in [-0.05, 0) is 12.0 Å².